The lowest BCUT2D eigenvalue weighted by Crippen LogP contribution is -2.22. The Bertz CT molecular complexity index is 383. The van der Waals surface area contributed by atoms with E-state index < -0.39 is 0 Å². The van der Waals surface area contributed by atoms with Gasteiger partial charge in [-0.1, -0.05) is 30.9 Å². The molecule has 1 aliphatic rings. The zero-order valence-electron chi connectivity index (χ0n) is 13.9. The second-order valence-corrected chi connectivity index (χ2v) is 5.29. The van der Waals surface area contributed by atoms with E-state index in [9.17, 15) is 4.79 Å². The number of rotatable bonds is 12. The molecule has 0 N–H and O–H groups in total. The molecule has 5 heteroatoms. The van der Waals surface area contributed by atoms with E-state index in [0.717, 1.165) is 19.4 Å². The first-order chi connectivity index (χ1) is 11.3. The molecule has 0 aromatic rings. The highest BCUT2D eigenvalue weighted by atomic mass is 16.7. The predicted octanol–water partition coefficient (Wildman–Crippen LogP) is 3.17. The number of carbonyl (C=O) groups is 1. The largest absolute Gasteiger partial charge is 0.359 e. The van der Waals surface area contributed by atoms with Crippen molar-refractivity contribution in [1.82, 2.24) is 0 Å². The van der Waals surface area contributed by atoms with Gasteiger partial charge in [0.2, 0.25) is 0 Å². The van der Waals surface area contributed by atoms with Crippen molar-refractivity contribution in [3.63, 3.8) is 0 Å². The van der Waals surface area contributed by atoms with Crippen LogP contribution < -0.4 is 0 Å². The summed E-state index contributed by atoms with van der Waals surface area (Å²) in [5.41, 5.74) is 0. The van der Waals surface area contributed by atoms with Crippen LogP contribution in [-0.2, 0) is 23.7 Å². The Morgan fingerprint density at radius 2 is 2.17 bits per heavy atom. The highest BCUT2D eigenvalue weighted by Crippen LogP contribution is 2.13. The molecule has 0 aromatic heterocycles. The van der Waals surface area contributed by atoms with E-state index in [1.54, 1.807) is 7.11 Å². The molecule has 130 valence electrons. The van der Waals surface area contributed by atoms with Crippen LogP contribution in [-0.4, -0.2) is 45.3 Å². The molecule has 0 aliphatic carbocycles. The van der Waals surface area contributed by atoms with Crippen molar-refractivity contribution in [1.29, 1.82) is 0 Å². The maximum Gasteiger partial charge on any atom is 0.157 e. The number of allylic oxidation sites excluding steroid dienone is 3. The number of hydrogen-bond acceptors (Lipinski definition) is 5. The van der Waals surface area contributed by atoms with Gasteiger partial charge in [0.15, 0.2) is 12.1 Å². The molecule has 0 radical (unpaired) electrons. The minimum atomic E-state index is -0.197. The van der Waals surface area contributed by atoms with Crippen molar-refractivity contribution in [2.45, 2.75) is 44.5 Å². The highest BCUT2D eigenvalue weighted by Gasteiger charge is 2.12. The molecule has 0 bridgehead atoms. The molecule has 1 unspecified atom stereocenters. The fourth-order valence-electron chi connectivity index (χ4n) is 2.13. The van der Waals surface area contributed by atoms with E-state index in [-0.39, 0.29) is 25.0 Å². The standard InChI is InChI=1S/C18H28O5/c1-3-16(19)14-17(23-15-20-2)10-6-4-5-8-12-21-18-11-7-9-13-22-18/h3-6,8,17-18H,1,7,9-15H2,2H3/b6-4-,8-5+/t17-,18?/m0/s1. The van der Waals surface area contributed by atoms with Gasteiger partial charge >= 0.3 is 0 Å². The molecule has 23 heavy (non-hydrogen) atoms. The molecule has 1 heterocycles. The predicted molar refractivity (Wildman–Crippen MR) is 89.0 cm³/mol. The molecular formula is C18H28O5. The van der Waals surface area contributed by atoms with Crippen LogP contribution >= 0.6 is 0 Å². The van der Waals surface area contributed by atoms with Crippen molar-refractivity contribution >= 4 is 5.78 Å². The smallest absolute Gasteiger partial charge is 0.157 e. The molecule has 0 saturated carbocycles. The zero-order chi connectivity index (χ0) is 16.8. The first-order valence-corrected chi connectivity index (χ1v) is 8.07. The number of ketones is 1. The van der Waals surface area contributed by atoms with Crippen LogP contribution in [0, 0.1) is 0 Å². The van der Waals surface area contributed by atoms with E-state index in [4.69, 9.17) is 18.9 Å². The summed E-state index contributed by atoms with van der Waals surface area (Å²) >= 11 is 0. The van der Waals surface area contributed by atoms with Crippen LogP contribution in [0.4, 0.5) is 0 Å². The SMILES string of the molecule is C=CC(=O)C[C@H](C/C=C\C=C\COC1CCCCO1)OCOC. The molecule has 5 nitrogen and oxygen atoms in total. The molecule has 2 atom stereocenters. The number of carbonyl (C=O) groups excluding carboxylic acids is 1. The van der Waals surface area contributed by atoms with Gasteiger partial charge in [-0.15, -0.1) is 0 Å². The van der Waals surface area contributed by atoms with Crippen molar-refractivity contribution in [2.24, 2.45) is 0 Å². The minimum Gasteiger partial charge on any atom is -0.359 e. The summed E-state index contributed by atoms with van der Waals surface area (Å²) in [6.07, 6.45) is 13.0. The second-order valence-electron chi connectivity index (χ2n) is 5.29. The van der Waals surface area contributed by atoms with Gasteiger partial charge in [-0.05, 0) is 31.8 Å². The van der Waals surface area contributed by atoms with Gasteiger partial charge in [0.1, 0.15) is 6.79 Å². The molecule has 1 fully saturated rings. The molecule has 0 amide bonds. The lowest BCUT2D eigenvalue weighted by atomic mass is 10.1. The van der Waals surface area contributed by atoms with Crippen LogP contribution in [0.15, 0.2) is 37.0 Å². The van der Waals surface area contributed by atoms with Gasteiger partial charge < -0.3 is 18.9 Å². The molecule has 1 rings (SSSR count). The Morgan fingerprint density at radius 1 is 1.35 bits per heavy atom. The van der Waals surface area contributed by atoms with Gasteiger partial charge in [0, 0.05) is 20.1 Å². The monoisotopic (exact) mass is 324 g/mol. The van der Waals surface area contributed by atoms with Gasteiger partial charge in [0.25, 0.3) is 0 Å². The number of hydrogen-bond donors (Lipinski definition) is 0. The van der Waals surface area contributed by atoms with E-state index >= 15 is 0 Å². The van der Waals surface area contributed by atoms with Crippen LogP contribution in [0.5, 0.6) is 0 Å². The summed E-state index contributed by atoms with van der Waals surface area (Å²) in [5, 5.41) is 0. The Kier molecular flexibility index (Phi) is 11.3. The summed E-state index contributed by atoms with van der Waals surface area (Å²) in [6.45, 7) is 4.98. The summed E-state index contributed by atoms with van der Waals surface area (Å²) in [4.78, 5) is 11.4. The van der Waals surface area contributed by atoms with Crippen molar-refractivity contribution in [3.8, 4) is 0 Å². The average molecular weight is 324 g/mol. The Hall–Kier alpha value is -1.27. The first-order valence-electron chi connectivity index (χ1n) is 8.07. The average Bonchev–Trinajstić information content (AvgIpc) is 2.59. The van der Waals surface area contributed by atoms with Gasteiger partial charge in [-0.3, -0.25) is 4.79 Å². The van der Waals surface area contributed by atoms with Crippen molar-refractivity contribution in [3.05, 3.63) is 37.0 Å². The first kappa shape index (κ1) is 19.8. The fraction of sp³-hybridized carbons (Fsp3) is 0.611. The Morgan fingerprint density at radius 3 is 2.87 bits per heavy atom. The van der Waals surface area contributed by atoms with Gasteiger partial charge in [0.05, 0.1) is 12.7 Å². The number of ether oxygens (including phenoxy) is 4. The van der Waals surface area contributed by atoms with Crippen LogP contribution in [0.1, 0.15) is 32.1 Å². The molecule has 1 aliphatic heterocycles. The topological polar surface area (TPSA) is 54.0 Å². The van der Waals surface area contributed by atoms with Gasteiger partial charge in [-0.2, -0.15) is 0 Å². The maximum absolute atomic E-state index is 11.4. The minimum absolute atomic E-state index is 0.0315. The summed E-state index contributed by atoms with van der Waals surface area (Å²) in [6, 6.07) is 0. The lowest BCUT2D eigenvalue weighted by Gasteiger charge is -2.21. The molecular weight excluding hydrogens is 296 g/mol. The second kappa shape index (κ2) is 13.2. The highest BCUT2D eigenvalue weighted by molar-refractivity contribution is 5.89. The van der Waals surface area contributed by atoms with E-state index in [2.05, 4.69) is 6.58 Å². The number of methoxy groups -OCH3 is 1. The lowest BCUT2D eigenvalue weighted by molar-refractivity contribution is -0.155. The third-order valence-corrected chi connectivity index (χ3v) is 3.38. The summed E-state index contributed by atoms with van der Waals surface area (Å²) in [7, 11) is 1.56. The summed E-state index contributed by atoms with van der Waals surface area (Å²) < 4.78 is 21.4. The molecule has 0 spiro atoms. The van der Waals surface area contributed by atoms with E-state index in [1.807, 2.05) is 24.3 Å². The quantitative estimate of drug-likeness (QED) is 0.313. The normalized spacial score (nSPS) is 20.1. The fourth-order valence-corrected chi connectivity index (χ4v) is 2.13. The summed E-state index contributed by atoms with van der Waals surface area (Å²) in [5.74, 6) is -0.0315. The molecule has 1 saturated heterocycles. The Balaban J connectivity index is 2.20. The van der Waals surface area contributed by atoms with E-state index in [1.165, 1.54) is 12.5 Å². The van der Waals surface area contributed by atoms with Crippen molar-refractivity contribution < 1.29 is 23.7 Å². The van der Waals surface area contributed by atoms with Crippen molar-refractivity contribution in [2.75, 3.05) is 27.1 Å². The maximum atomic E-state index is 11.4. The van der Waals surface area contributed by atoms with Crippen LogP contribution in [0.3, 0.4) is 0 Å². The van der Waals surface area contributed by atoms with Gasteiger partial charge in [-0.25, -0.2) is 0 Å². The molecule has 0 aromatic carbocycles. The van der Waals surface area contributed by atoms with E-state index in [0.29, 0.717) is 19.4 Å². The third-order valence-electron chi connectivity index (χ3n) is 3.38. The zero-order valence-corrected chi connectivity index (χ0v) is 13.9. The van der Waals surface area contributed by atoms with Crippen LogP contribution in [0.25, 0.3) is 0 Å². The Labute approximate surface area is 138 Å². The third kappa shape index (κ3) is 10.2. The van der Waals surface area contributed by atoms with Crippen LogP contribution in [0.2, 0.25) is 0 Å².